The van der Waals surface area contributed by atoms with Crippen LogP contribution in [-0.4, -0.2) is 54.7 Å². The van der Waals surface area contributed by atoms with E-state index in [0.29, 0.717) is 18.3 Å². The molecule has 1 fully saturated rings. The first-order valence-corrected chi connectivity index (χ1v) is 8.18. The smallest absolute Gasteiger partial charge is 0.234 e. The summed E-state index contributed by atoms with van der Waals surface area (Å²) in [5.41, 5.74) is 1.12. The van der Waals surface area contributed by atoms with E-state index in [0.717, 1.165) is 44.7 Å². The van der Waals surface area contributed by atoms with Gasteiger partial charge in [-0.3, -0.25) is 9.69 Å². The zero-order chi connectivity index (χ0) is 15.9. The number of phenolic OH excluding ortho intramolecular Hbond substituents is 1. The number of aromatic hydroxyl groups is 1. The normalized spacial score (nSPS) is 16.0. The van der Waals surface area contributed by atoms with Crippen molar-refractivity contribution in [3.63, 3.8) is 0 Å². The molecule has 0 aliphatic carbocycles. The van der Waals surface area contributed by atoms with Gasteiger partial charge >= 0.3 is 0 Å². The van der Waals surface area contributed by atoms with Gasteiger partial charge in [0.15, 0.2) is 0 Å². The lowest BCUT2D eigenvalue weighted by Gasteiger charge is -2.36. The van der Waals surface area contributed by atoms with Crippen LogP contribution in [0.25, 0.3) is 0 Å². The number of carbonyl (C=O) groups excluding carboxylic acids is 1. The highest BCUT2D eigenvalue weighted by molar-refractivity contribution is 5.78. The van der Waals surface area contributed by atoms with E-state index in [1.54, 1.807) is 12.1 Å². The molecule has 122 valence electrons. The topological polar surface area (TPSA) is 55.8 Å². The molecule has 0 saturated carbocycles. The molecule has 1 aromatic rings. The number of carbonyl (C=O) groups is 1. The van der Waals surface area contributed by atoms with Crippen LogP contribution in [0.1, 0.15) is 26.7 Å². The first kappa shape index (κ1) is 16.6. The third-order valence-corrected chi connectivity index (χ3v) is 4.31. The number of amides is 1. The minimum atomic E-state index is 0.131. The third-order valence-electron chi connectivity index (χ3n) is 4.31. The number of nitrogens with zero attached hydrogens (tertiary/aromatic N) is 2. The number of piperazine rings is 1. The second kappa shape index (κ2) is 8.03. The molecule has 0 atom stereocenters. The van der Waals surface area contributed by atoms with Gasteiger partial charge in [-0.15, -0.1) is 0 Å². The molecule has 1 aliphatic heterocycles. The molecule has 5 heteroatoms. The highest BCUT2D eigenvalue weighted by Crippen LogP contribution is 2.19. The molecule has 0 radical (unpaired) electrons. The van der Waals surface area contributed by atoms with Crippen molar-refractivity contribution in [3.05, 3.63) is 24.3 Å². The average molecular weight is 305 g/mol. The molecule has 0 unspecified atom stereocenters. The lowest BCUT2D eigenvalue weighted by molar-refractivity contribution is -0.123. The van der Waals surface area contributed by atoms with Crippen molar-refractivity contribution in [1.29, 1.82) is 0 Å². The molecule has 0 spiro atoms. The molecule has 1 aliphatic rings. The number of benzene rings is 1. The Hall–Kier alpha value is -1.75. The zero-order valence-corrected chi connectivity index (χ0v) is 13.6. The summed E-state index contributed by atoms with van der Waals surface area (Å²) in [5.74, 6) is 0.423. The highest BCUT2D eigenvalue weighted by atomic mass is 16.3. The summed E-state index contributed by atoms with van der Waals surface area (Å²) in [6.45, 7) is 8.27. The second-order valence-electron chi connectivity index (χ2n) is 5.86. The summed E-state index contributed by atoms with van der Waals surface area (Å²) in [5, 5.41) is 12.4. The van der Waals surface area contributed by atoms with Crippen LogP contribution >= 0.6 is 0 Å². The van der Waals surface area contributed by atoms with Crippen LogP contribution in [0.3, 0.4) is 0 Å². The Balaban J connectivity index is 1.77. The minimum absolute atomic E-state index is 0.131. The monoisotopic (exact) mass is 305 g/mol. The van der Waals surface area contributed by atoms with Crippen LogP contribution in [0.2, 0.25) is 0 Å². The number of rotatable bonds is 6. The Kier molecular flexibility index (Phi) is 6.07. The van der Waals surface area contributed by atoms with Crippen LogP contribution in [0.5, 0.6) is 5.75 Å². The van der Waals surface area contributed by atoms with Gasteiger partial charge in [0.1, 0.15) is 5.75 Å². The Morgan fingerprint density at radius 2 is 1.73 bits per heavy atom. The number of phenols is 1. The van der Waals surface area contributed by atoms with Crippen molar-refractivity contribution >= 4 is 11.6 Å². The fraction of sp³-hybridized carbons (Fsp3) is 0.588. The van der Waals surface area contributed by atoms with Gasteiger partial charge in [0.25, 0.3) is 0 Å². The van der Waals surface area contributed by atoms with E-state index in [4.69, 9.17) is 0 Å². The van der Waals surface area contributed by atoms with Crippen LogP contribution < -0.4 is 10.2 Å². The quantitative estimate of drug-likeness (QED) is 0.842. The first-order chi connectivity index (χ1) is 10.6. The largest absolute Gasteiger partial charge is 0.508 e. The van der Waals surface area contributed by atoms with Crippen LogP contribution in [0, 0.1) is 0 Å². The first-order valence-electron chi connectivity index (χ1n) is 8.18. The molecule has 0 bridgehead atoms. The molecule has 0 aromatic heterocycles. The summed E-state index contributed by atoms with van der Waals surface area (Å²) < 4.78 is 0. The summed E-state index contributed by atoms with van der Waals surface area (Å²) >= 11 is 0. The van der Waals surface area contributed by atoms with Crippen LogP contribution in [0.4, 0.5) is 5.69 Å². The van der Waals surface area contributed by atoms with Crippen LogP contribution in [0.15, 0.2) is 24.3 Å². The maximum atomic E-state index is 12.0. The van der Waals surface area contributed by atoms with Crippen molar-refractivity contribution in [2.75, 3.05) is 37.6 Å². The SMILES string of the molecule is CCC(CC)NC(=O)CN1CCN(c2ccc(O)cc2)CC1. The van der Waals surface area contributed by atoms with Gasteiger partial charge in [-0.1, -0.05) is 13.8 Å². The van der Waals surface area contributed by atoms with Crippen LogP contribution in [-0.2, 0) is 4.79 Å². The van der Waals surface area contributed by atoms with E-state index in [2.05, 4.69) is 29.0 Å². The zero-order valence-electron chi connectivity index (χ0n) is 13.6. The van der Waals surface area contributed by atoms with Gasteiger partial charge in [-0.2, -0.15) is 0 Å². The van der Waals surface area contributed by atoms with Gasteiger partial charge in [-0.05, 0) is 37.1 Å². The Morgan fingerprint density at radius 1 is 1.14 bits per heavy atom. The van der Waals surface area contributed by atoms with Gasteiger partial charge < -0.3 is 15.3 Å². The van der Waals surface area contributed by atoms with E-state index in [1.807, 2.05) is 12.1 Å². The predicted molar refractivity (Wildman–Crippen MR) is 89.3 cm³/mol. The minimum Gasteiger partial charge on any atom is -0.508 e. The standard InChI is InChI=1S/C17H27N3O2/c1-3-14(4-2)18-17(22)13-19-9-11-20(12-10-19)15-5-7-16(21)8-6-15/h5-8,14,21H,3-4,9-13H2,1-2H3,(H,18,22). The van der Waals surface area contributed by atoms with E-state index < -0.39 is 0 Å². The van der Waals surface area contributed by atoms with Crippen molar-refractivity contribution < 1.29 is 9.90 Å². The molecule has 1 aromatic carbocycles. The molecule has 1 heterocycles. The maximum Gasteiger partial charge on any atom is 0.234 e. The molecular weight excluding hydrogens is 278 g/mol. The molecule has 5 nitrogen and oxygen atoms in total. The Bertz CT molecular complexity index is 463. The molecule has 1 saturated heterocycles. The predicted octanol–water partition coefficient (Wildman–Crippen LogP) is 1.82. The highest BCUT2D eigenvalue weighted by Gasteiger charge is 2.19. The Morgan fingerprint density at radius 3 is 2.27 bits per heavy atom. The molecule has 1 amide bonds. The van der Waals surface area contributed by atoms with E-state index >= 15 is 0 Å². The van der Waals surface area contributed by atoms with E-state index in [-0.39, 0.29) is 5.91 Å². The number of anilines is 1. The fourth-order valence-corrected chi connectivity index (χ4v) is 2.80. The van der Waals surface area contributed by atoms with E-state index in [9.17, 15) is 9.90 Å². The van der Waals surface area contributed by atoms with Crippen molar-refractivity contribution in [2.24, 2.45) is 0 Å². The second-order valence-corrected chi connectivity index (χ2v) is 5.86. The summed E-state index contributed by atoms with van der Waals surface area (Å²) in [4.78, 5) is 16.5. The number of hydrogen-bond donors (Lipinski definition) is 2. The molecule has 2 rings (SSSR count). The van der Waals surface area contributed by atoms with Crippen molar-refractivity contribution in [3.8, 4) is 5.75 Å². The summed E-state index contributed by atoms with van der Waals surface area (Å²) in [6, 6.07) is 7.59. The van der Waals surface area contributed by atoms with E-state index in [1.165, 1.54) is 0 Å². The fourth-order valence-electron chi connectivity index (χ4n) is 2.80. The average Bonchev–Trinajstić information content (AvgIpc) is 2.54. The van der Waals surface area contributed by atoms with Gasteiger partial charge in [-0.25, -0.2) is 0 Å². The number of nitrogens with one attached hydrogen (secondary N) is 1. The molecule has 2 N–H and O–H groups in total. The Labute approximate surface area is 132 Å². The molecular formula is C17H27N3O2. The van der Waals surface area contributed by atoms with Crippen molar-refractivity contribution in [2.45, 2.75) is 32.7 Å². The van der Waals surface area contributed by atoms with Gasteiger partial charge in [0.2, 0.25) is 5.91 Å². The van der Waals surface area contributed by atoms with Crippen molar-refractivity contribution in [1.82, 2.24) is 10.2 Å². The third kappa shape index (κ3) is 4.63. The maximum absolute atomic E-state index is 12.0. The van der Waals surface area contributed by atoms with Gasteiger partial charge in [0.05, 0.1) is 6.54 Å². The number of hydrogen-bond acceptors (Lipinski definition) is 4. The summed E-state index contributed by atoms with van der Waals surface area (Å²) in [6.07, 6.45) is 1.97. The lowest BCUT2D eigenvalue weighted by atomic mass is 10.2. The molecule has 22 heavy (non-hydrogen) atoms. The van der Waals surface area contributed by atoms with Gasteiger partial charge in [0, 0.05) is 37.9 Å². The summed E-state index contributed by atoms with van der Waals surface area (Å²) in [7, 11) is 0. The lowest BCUT2D eigenvalue weighted by Crippen LogP contribution is -2.50.